The Morgan fingerprint density at radius 3 is 1.23 bits per heavy atom. The van der Waals surface area contributed by atoms with Gasteiger partial charge in [-0.2, -0.15) is 0 Å². The average molecular weight is 476 g/mol. The second-order valence-electron chi connectivity index (χ2n) is 10.1. The molecule has 0 radical (unpaired) electrons. The van der Waals surface area contributed by atoms with Crippen LogP contribution in [0.4, 0.5) is 38.0 Å². The lowest BCUT2D eigenvalue weighted by molar-refractivity contribution is 0.0587. The number of hydrogen-bond donors (Lipinski definition) is 1. The summed E-state index contributed by atoms with van der Waals surface area (Å²) in [7, 11) is 0. The van der Waals surface area contributed by atoms with Crippen LogP contribution in [-0.4, -0.2) is 23.4 Å². The van der Waals surface area contributed by atoms with E-state index in [-0.39, 0.29) is 0 Å². The van der Waals surface area contributed by atoms with Gasteiger partial charge in [0.15, 0.2) is 0 Å². The fourth-order valence-corrected chi connectivity index (χ4v) is 3.29. The van der Waals surface area contributed by atoms with Crippen LogP contribution in [0.2, 0.25) is 0 Å². The zero-order chi connectivity index (χ0) is 25.8. The van der Waals surface area contributed by atoms with Crippen LogP contribution in [0.5, 0.6) is 0 Å². The summed E-state index contributed by atoms with van der Waals surface area (Å²) in [6, 6.07) is 23.3. The fraction of sp³-hybridized carbons (Fsp3) is 0.286. The van der Waals surface area contributed by atoms with Crippen molar-refractivity contribution in [3.05, 3.63) is 78.9 Å². The van der Waals surface area contributed by atoms with Gasteiger partial charge in [0.2, 0.25) is 0 Å². The molecule has 35 heavy (non-hydrogen) atoms. The van der Waals surface area contributed by atoms with Gasteiger partial charge in [-0.15, -0.1) is 0 Å². The number of benzene rings is 3. The van der Waals surface area contributed by atoms with Gasteiger partial charge in [0, 0.05) is 5.69 Å². The molecule has 7 heteroatoms. The molecule has 7 nitrogen and oxygen atoms in total. The van der Waals surface area contributed by atoms with Crippen LogP contribution in [0.15, 0.2) is 78.9 Å². The summed E-state index contributed by atoms with van der Waals surface area (Å²) in [6.07, 6.45) is -1.03. The average Bonchev–Trinajstić information content (AvgIpc) is 2.75. The van der Waals surface area contributed by atoms with Crippen LogP contribution < -0.4 is 15.5 Å². The van der Waals surface area contributed by atoms with E-state index in [9.17, 15) is 9.59 Å². The highest BCUT2D eigenvalue weighted by atomic mass is 16.6. The van der Waals surface area contributed by atoms with E-state index < -0.39 is 23.4 Å². The van der Waals surface area contributed by atoms with E-state index >= 15 is 0 Å². The number of para-hydroxylation sites is 1. The predicted octanol–water partition coefficient (Wildman–Crippen LogP) is 7.42. The van der Waals surface area contributed by atoms with Gasteiger partial charge in [0.05, 0.1) is 22.7 Å². The molecule has 0 saturated heterocycles. The number of hydrogen-bond acceptors (Lipinski definition) is 5. The highest BCUT2D eigenvalue weighted by molar-refractivity contribution is 5.99. The van der Waals surface area contributed by atoms with Crippen LogP contribution in [0.25, 0.3) is 0 Å². The van der Waals surface area contributed by atoms with Gasteiger partial charge >= 0.3 is 12.2 Å². The normalized spacial score (nSPS) is 11.5. The molecule has 0 fully saturated rings. The highest BCUT2D eigenvalue weighted by Gasteiger charge is 2.27. The van der Waals surface area contributed by atoms with Gasteiger partial charge in [-0.05, 0) is 102 Å². The van der Waals surface area contributed by atoms with Crippen molar-refractivity contribution in [1.29, 1.82) is 0 Å². The van der Waals surface area contributed by atoms with E-state index in [2.05, 4.69) is 0 Å². The Kier molecular flexibility index (Phi) is 7.39. The van der Waals surface area contributed by atoms with Crippen molar-refractivity contribution in [1.82, 2.24) is 0 Å². The third kappa shape index (κ3) is 6.99. The number of ether oxygens (including phenoxy) is 2. The molecular formula is C28H33N3O4. The quantitative estimate of drug-likeness (QED) is 0.397. The van der Waals surface area contributed by atoms with Crippen molar-refractivity contribution < 1.29 is 19.1 Å². The molecule has 0 unspecified atom stereocenters. The number of nitrogen functional groups attached to an aromatic ring is 1. The molecule has 2 N–H and O–H groups in total. The van der Waals surface area contributed by atoms with Crippen molar-refractivity contribution in [3.8, 4) is 0 Å². The molecule has 2 amide bonds. The van der Waals surface area contributed by atoms with Gasteiger partial charge in [0.1, 0.15) is 11.2 Å². The van der Waals surface area contributed by atoms with Gasteiger partial charge in [0.25, 0.3) is 0 Å². The maximum Gasteiger partial charge on any atom is 0.419 e. The first-order chi connectivity index (χ1) is 16.3. The van der Waals surface area contributed by atoms with Crippen molar-refractivity contribution >= 4 is 40.6 Å². The van der Waals surface area contributed by atoms with E-state index in [0.29, 0.717) is 28.4 Å². The molecule has 0 aromatic heterocycles. The Hall–Kier alpha value is -4.00. The fourth-order valence-electron chi connectivity index (χ4n) is 3.29. The number of carbonyl (C=O) groups excluding carboxylic acids is 2. The van der Waals surface area contributed by atoms with Crippen molar-refractivity contribution in [2.24, 2.45) is 0 Å². The van der Waals surface area contributed by atoms with Gasteiger partial charge in [-0.3, -0.25) is 0 Å². The monoisotopic (exact) mass is 475 g/mol. The molecule has 3 aromatic rings. The summed E-state index contributed by atoms with van der Waals surface area (Å²) in [4.78, 5) is 29.2. The SMILES string of the molecule is CC(C)(C)OC(=O)N(c1ccccc1)c1ccc(N(C(=O)OC(C)(C)C)c2ccc(N)cc2)cc1. The molecule has 3 rings (SSSR count). The minimum atomic E-state index is -0.677. The van der Waals surface area contributed by atoms with E-state index in [1.54, 1.807) is 48.5 Å². The molecule has 0 aliphatic carbocycles. The van der Waals surface area contributed by atoms with Gasteiger partial charge < -0.3 is 15.2 Å². The Labute approximate surface area is 207 Å². The van der Waals surface area contributed by atoms with E-state index in [1.165, 1.54) is 9.80 Å². The maximum atomic E-state index is 13.1. The standard InChI is InChI=1S/C28H33N3O4/c1-27(2,3)34-25(32)30(21-10-8-7-9-11-21)23-16-18-24(19-17-23)31(26(33)35-28(4,5)6)22-14-12-20(29)13-15-22/h7-19H,29H2,1-6H3. The van der Waals surface area contributed by atoms with Gasteiger partial charge in [-0.25, -0.2) is 19.4 Å². The molecule has 3 aromatic carbocycles. The maximum absolute atomic E-state index is 13.1. The molecule has 0 atom stereocenters. The zero-order valence-electron chi connectivity index (χ0n) is 21.1. The molecule has 0 heterocycles. The Morgan fingerprint density at radius 1 is 0.571 bits per heavy atom. The first-order valence-corrected chi connectivity index (χ1v) is 11.4. The number of nitrogens with zero attached hydrogens (tertiary/aromatic N) is 2. The lowest BCUT2D eigenvalue weighted by Crippen LogP contribution is -2.34. The summed E-state index contributed by atoms with van der Waals surface area (Å²) in [5, 5.41) is 0. The van der Waals surface area contributed by atoms with Crippen LogP contribution in [0, 0.1) is 0 Å². The third-order valence-electron chi connectivity index (χ3n) is 4.68. The lowest BCUT2D eigenvalue weighted by Gasteiger charge is -2.29. The number of carbonyl (C=O) groups is 2. The minimum Gasteiger partial charge on any atom is -0.443 e. The third-order valence-corrected chi connectivity index (χ3v) is 4.68. The summed E-state index contributed by atoms with van der Waals surface area (Å²) < 4.78 is 11.3. The minimum absolute atomic E-state index is 0.501. The molecule has 0 saturated carbocycles. The van der Waals surface area contributed by atoms with Crippen LogP contribution >= 0.6 is 0 Å². The predicted molar refractivity (Wildman–Crippen MR) is 140 cm³/mol. The highest BCUT2D eigenvalue weighted by Crippen LogP contribution is 2.33. The second-order valence-corrected chi connectivity index (χ2v) is 10.1. The number of amides is 2. The first kappa shape index (κ1) is 25.6. The van der Waals surface area contributed by atoms with Crippen LogP contribution in [0.3, 0.4) is 0 Å². The van der Waals surface area contributed by atoms with Crippen molar-refractivity contribution in [2.45, 2.75) is 52.7 Å². The summed E-state index contributed by atoms with van der Waals surface area (Å²) in [6.45, 7) is 10.9. The van der Waals surface area contributed by atoms with Crippen LogP contribution in [-0.2, 0) is 9.47 Å². The van der Waals surface area contributed by atoms with Crippen molar-refractivity contribution in [2.75, 3.05) is 15.5 Å². The van der Waals surface area contributed by atoms with Crippen LogP contribution in [0.1, 0.15) is 41.5 Å². The first-order valence-electron chi connectivity index (χ1n) is 11.4. The van der Waals surface area contributed by atoms with E-state index in [4.69, 9.17) is 15.2 Å². The van der Waals surface area contributed by atoms with Crippen molar-refractivity contribution in [3.63, 3.8) is 0 Å². The molecule has 0 bridgehead atoms. The number of nitrogens with two attached hydrogens (primary N) is 1. The summed E-state index contributed by atoms with van der Waals surface area (Å²) >= 11 is 0. The Bertz CT molecular complexity index is 1150. The molecule has 0 aliphatic rings. The van der Waals surface area contributed by atoms with Gasteiger partial charge in [-0.1, -0.05) is 18.2 Å². The summed E-state index contributed by atoms with van der Waals surface area (Å²) in [5.41, 5.74) is 7.53. The van der Waals surface area contributed by atoms with E-state index in [1.807, 2.05) is 71.9 Å². The lowest BCUT2D eigenvalue weighted by atomic mass is 10.2. The number of rotatable bonds is 4. The molecule has 184 valence electrons. The second kappa shape index (κ2) is 10.1. The molecule has 0 aliphatic heterocycles. The zero-order valence-corrected chi connectivity index (χ0v) is 21.1. The molecule has 0 spiro atoms. The number of anilines is 5. The Balaban J connectivity index is 2.01. The largest absolute Gasteiger partial charge is 0.443 e. The molecular weight excluding hydrogens is 442 g/mol. The Morgan fingerprint density at radius 2 is 0.886 bits per heavy atom. The van der Waals surface area contributed by atoms with E-state index in [0.717, 1.165) is 0 Å². The smallest absolute Gasteiger partial charge is 0.419 e. The summed E-state index contributed by atoms with van der Waals surface area (Å²) in [5.74, 6) is 0. The topological polar surface area (TPSA) is 85.1 Å².